The van der Waals surface area contributed by atoms with Crippen molar-refractivity contribution in [1.29, 1.82) is 0 Å². The molecule has 0 aliphatic heterocycles. The molecule has 4 heteroatoms. The lowest BCUT2D eigenvalue weighted by Gasteiger charge is -2.11. The molecule has 8 aromatic rings. The average Bonchev–Trinajstić information content (AvgIpc) is 3.24. The molecule has 0 atom stereocenters. The molecule has 0 fully saturated rings. The molecule has 0 radical (unpaired) electrons. The van der Waals surface area contributed by atoms with Gasteiger partial charge in [-0.05, 0) is 70.5 Å². The molecule has 6 aromatic carbocycles. The maximum absolute atomic E-state index is 6.63. The molecule has 0 aliphatic rings. The van der Waals surface area contributed by atoms with Crippen LogP contribution in [0.1, 0.15) is 34.9 Å². The number of fused-ring (bicyclic) bond motifs is 3. The molecule has 0 aliphatic carbocycles. The first kappa shape index (κ1) is 34.2. The van der Waals surface area contributed by atoms with Crippen LogP contribution in [-0.2, 0) is 6.42 Å². The lowest BCUT2D eigenvalue weighted by atomic mass is 9.99. The molecule has 8 rings (SSSR count). The zero-order valence-corrected chi connectivity index (χ0v) is 30.5. The highest BCUT2D eigenvalue weighted by molar-refractivity contribution is 6.14. The van der Waals surface area contributed by atoms with Crippen molar-refractivity contribution in [2.24, 2.45) is 10.7 Å². The van der Waals surface area contributed by atoms with Gasteiger partial charge in [-0.25, -0.2) is 9.98 Å². The maximum atomic E-state index is 6.63. The highest BCUT2D eigenvalue weighted by Crippen LogP contribution is 2.30. The summed E-state index contributed by atoms with van der Waals surface area (Å²) in [7, 11) is 0. The van der Waals surface area contributed by atoms with Gasteiger partial charge in [-0.3, -0.25) is 4.98 Å². The van der Waals surface area contributed by atoms with Crippen molar-refractivity contribution in [2.45, 2.75) is 20.3 Å². The molecular formula is C50H40N4. The lowest BCUT2D eigenvalue weighted by molar-refractivity contribution is 1.05. The zero-order valence-electron chi connectivity index (χ0n) is 30.5. The van der Waals surface area contributed by atoms with E-state index in [9.17, 15) is 0 Å². The molecule has 54 heavy (non-hydrogen) atoms. The van der Waals surface area contributed by atoms with E-state index >= 15 is 0 Å². The molecule has 0 bridgehead atoms. The Kier molecular flexibility index (Phi) is 9.49. The Morgan fingerprint density at radius 3 is 1.80 bits per heavy atom. The Labute approximate surface area is 316 Å². The largest absolute Gasteiger partial charge is 0.398 e. The van der Waals surface area contributed by atoms with Gasteiger partial charge in [-0.2, -0.15) is 0 Å². The number of nitrogens with zero attached hydrogens (tertiary/aromatic N) is 3. The molecular weight excluding hydrogens is 657 g/mol. The fraction of sp³-hybridized carbons (Fsp3) is 0.0600. The Bertz CT molecular complexity index is 2670. The van der Waals surface area contributed by atoms with Crippen LogP contribution in [0, 0.1) is 6.92 Å². The molecule has 0 saturated carbocycles. The number of rotatable bonds is 9. The highest BCUT2D eigenvalue weighted by Gasteiger charge is 2.11. The first-order chi connectivity index (χ1) is 26.4. The van der Waals surface area contributed by atoms with E-state index < -0.39 is 0 Å². The van der Waals surface area contributed by atoms with Gasteiger partial charge in [-0.1, -0.05) is 165 Å². The number of benzene rings is 6. The SMILES string of the molecule is C=C(/N=C(\C=C(/N)c1ccccc1)c1ccc(-c2ccc(-c3ccc4ccc5c(C)cc(CC)nc5c4n3)cc2)cc1)c1ccc(-c2ccccc2)cc1. The smallest absolute Gasteiger partial charge is 0.0972 e. The zero-order chi connectivity index (χ0) is 37.0. The molecule has 2 aromatic heterocycles. The molecule has 0 spiro atoms. The Balaban J connectivity index is 1.08. The van der Waals surface area contributed by atoms with Crippen LogP contribution in [0.15, 0.2) is 181 Å². The van der Waals surface area contributed by atoms with Crippen LogP contribution in [0.3, 0.4) is 0 Å². The van der Waals surface area contributed by atoms with Crippen molar-refractivity contribution >= 4 is 38.9 Å². The van der Waals surface area contributed by atoms with Crippen LogP contribution in [0.2, 0.25) is 0 Å². The van der Waals surface area contributed by atoms with Crippen LogP contribution >= 0.6 is 0 Å². The quantitative estimate of drug-likeness (QED) is 0.121. The topological polar surface area (TPSA) is 64.2 Å². The number of hydrogen-bond acceptors (Lipinski definition) is 4. The number of hydrogen-bond donors (Lipinski definition) is 1. The van der Waals surface area contributed by atoms with Crippen LogP contribution in [-0.4, -0.2) is 15.7 Å². The van der Waals surface area contributed by atoms with Crippen molar-refractivity contribution in [3.63, 3.8) is 0 Å². The van der Waals surface area contributed by atoms with Crippen LogP contribution in [0.4, 0.5) is 0 Å². The summed E-state index contributed by atoms with van der Waals surface area (Å²) in [5.41, 5.74) is 22.2. The van der Waals surface area contributed by atoms with Gasteiger partial charge in [0, 0.05) is 33.3 Å². The van der Waals surface area contributed by atoms with Gasteiger partial charge in [0.15, 0.2) is 0 Å². The monoisotopic (exact) mass is 696 g/mol. The van der Waals surface area contributed by atoms with Crippen LogP contribution in [0.5, 0.6) is 0 Å². The van der Waals surface area contributed by atoms with Crippen LogP contribution < -0.4 is 5.73 Å². The van der Waals surface area contributed by atoms with Gasteiger partial charge in [0.1, 0.15) is 0 Å². The second-order valence-corrected chi connectivity index (χ2v) is 13.5. The number of nitrogens with two attached hydrogens (primary N) is 1. The average molecular weight is 697 g/mol. The Morgan fingerprint density at radius 1 is 0.593 bits per heavy atom. The summed E-state index contributed by atoms with van der Waals surface area (Å²) >= 11 is 0. The standard InChI is InChI=1S/C50H40N4/c1-4-44-31-33(2)45-29-27-43-28-30-47(54-49(43)50(45)53-44)41-23-19-38(20-24-41)39-21-25-42(26-22-39)48(32-46(51)40-13-9-6-10-14-40)52-34(3)35-15-17-37(18-16-35)36-11-7-5-8-12-36/h5-32H,3-4,51H2,1-2H3/b46-32-,52-48+. The van der Waals surface area contributed by atoms with E-state index in [1.807, 2.05) is 54.6 Å². The first-order valence-corrected chi connectivity index (χ1v) is 18.3. The Hall–Kier alpha value is -6.91. The van der Waals surface area contributed by atoms with Gasteiger partial charge in [0.05, 0.1) is 28.1 Å². The molecule has 260 valence electrons. The number of aliphatic imine (C=N–C) groups is 1. The van der Waals surface area contributed by atoms with Crippen LogP contribution in [0.25, 0.3) is 66.7 Å². The third-order valence-electron chi connectivity index (χ3n) is 9.94. The predicted octanol–water partition coefficient (Wildman–Crippen LogP) is 12.1. The van der Waals surface area contributed by atoms with E-state index in [1.165, 1.54) is 11.1 Å². The molecule has 2 heterocycles. The summed E-state index contributed by atoms with van der Waals surface area (Å²) in [5.74, 6) is 0. The number of pyridine rings is 2. The molecule has 2 N–H and O–H groups in total. The van der Waals surface area contributed by atoms with Crippen molar-refractivity contribution < 1.29 is 0 Å². The van der Waals surface area contributed by atoms with E-state index in [0.29, 0.717) is 11.4 Å². The minimum absolute atomic E-state index is 0.633. The van der Waals surface area contributed by atoms with E-state index in [-0.39, 0.29) is 0 Å². The second-order valence-electron chi connectivity index (χ2n) is 13.5. The first-order valence-electron chi connectivity index (χ1n) is 18.3. The third-order valence-corrected chi connectivity index (χ3v) is 9.94. The Morgan fingerprint density at radius 2 is 1.15 bits per heavy atom. The molecule has 4 nitrogen and oxygen atoms in total. The van der Waals surface area contributed by atoms with Crippen molar-refractivity contribution in [2.75, 3.05) is 0 Å². The summed E-state index contributed by atoms with van der Waals surface area (Å²) in [6, 6.07) is 56.4. The van der Waals surface area contributed by atoms with E-state index in [1.54, 1.807) is 0 Å². The minimum atomic E-state index is 0.633. The molecule has 0 saturated heterocycles. The van der Waals surface area contributed by atoms with E-state index in [2.05, 4.69) is 136 Å². The summed E-state index contributed by atoms with van der Waals surface area (Å²) in [4.78, 5) is 15.2. The van der Waals surface area contributed by atoms with E-state index in [4.69, 9.17) is 20.7 Å². The van der Waals surface area contributed by atoms with Gasteiger partial charge >= 0.3 is 0 Å². The van der Waals surface area contributed by atoms with Crippen molar-refractivity contribution in [1.82, 2.24) is 9.97 Å². The summed E-state index contributed by atoms with van der Waals surface area (Å²) < 4.78 is 0. The van der Waals surface area contributed by atoms with E-state index in [0.717, 1.165) is 84.3 Å². The third kappa shape index (κ3) is 7.10. The predicted molar refractivity (Wildman–Crippen MR) is 228 cm³/mol. The van der Waals surface area contributed by atoms with Crippen molar-refractivity contribution in [3.05, 3.63) is 204 Å². The molecule has 0 amide bonds. The fourth-order valence-corrected chi connectivity index (χ4v) is 6.85. The number of aromatic nitrogens is 2. The number of allylic oxidation sites excluding steroid dienone is 1. The van der Waals surface area contributed by atoms with Gasteiger partial charge in [0.2, 0.25) is 0 Å². The maximum Gasteiger partial charge on any atom is 0.0972 e. The lowest BCUT2D eigenvalue weighted by Crippen LogP contribution is -2.04. The minimum Gasteiger partial charge on any atom is -0.398 e. The summed E-state index contributed by atoms with van der Waals surface area (Å²) in [6.45, 7) is 8.64. The highest BCUT2D eigenvalue weighted by atomic mass is 14.8. The van der Waals surface area contributed by atoms with Crippen molar-refractivity contribution in [3.8, 4) is 33.5 Å². The normalized spacial score (nSPS) is 12.0. The summed E-state index contributed by atoms with van der Waals surface area (Å²) in [6.07, 6.45) is 2.82. The second kappa shape index (κ2) is 15.0. The molecule has 0 unspecified atom stereocenters. The number of aryl methyl sites for hydroxylation is 2. The summed E-state index contributed by atoms with van der Waals surface area (Å²) in [5, 5.41) is 2.24. The van der Waals surface area contributed by atoms with Gasteiger partial charge in [-0.15, -0.1) is 0 Å². The van der Waals surface area contributed by atoms with Gasteiger partial charge in [0.25, 0.3) is 0 Å². The van der Waals surface area contributed by atoms with Gasteiger partial charge < -0.3 is 5.73 Å². The fourth-order valence-electron chi connectivity index (χ4n) is 6.85.